The second-order valence-corrected chi connectivity index (χ2v) is 15.4. The molecule has 4 aromatic rings. The summed E-state index contributed by atoms with van der Waals surface area (Å²) in [5.41, 5.74) is 15.2. The van der Waals surface area contributed by atoms with Crippen LogP contribution in [0.3, 0.4) is 0 Å². The lowest BCUT2D eigenvalue weighted by molar-refractivity contribution is -0.138. The molecule has 3 aromatic carbocycles. The number of carbonyl (C=O) groups is 5. The average molecular weight is 852 g/mol. The Morgan fingerprint density at radius 1 is 0.729 bits per heavy atom. The van der Waals surface area contributed by atoms with E-state index < -0.39 is 41.9 Å². The maximum absolute atomic E-state index is 14.1. The molecule has 4 atom stereocenters. The minimum absolute atomic E-state index is 0. The fourth-order valence-corrected chi connectivity index (χ4v) is 7.22. The third-order valence-corrected chi connectivity index (χ3v) is 10.4. The number of benzene rings is 3. The summed E-state index contributed by atoms with van der Waals surface area (Å²) in [6.07, 6.45) is 3.61. The molecule has 9 N–H and O–H groups in total. The van der Waals surface area contributed by atoms with Gasteiger partial charge in [-0.3, -0.25) is 24.0 Å². The van der Waals surface area contributed by atoms with E-state index >= 15 is 0 Å². The van der Waals surface area contributed by atoms with Crippen LogP contribution in [0.1, 0.15) is 74.0 Å². The number of likely N-dealkylation sites (tertiary alicyclic amines) is 1. The SMILES string of the molecule is CC(C)C[C@@H](NC(=O)[C@@H](Cc1ccccc1)NC(=O)[C@H](N)Cc1ccccc1)C(=O)N[C@H](CCCCN)C(=O)N1CCC(NC(=O)c2cc3ccccc3[nH]2)CC1.Cl.Cl. The third kappa shape index (κ3) is 14.7. The molecule has 2 heterocycles. The second-order valence-electron chi connectivity index (χ2n) is 15.4. The van der Waals surface area contributed by atoms with Crippen LogP contribution in [-0.2, 0) is 32.0 Å². The molecule has 1 aliphatic heterocycles. The first-order valence-electron chi connectivity index (χ1n) is 20.1. The number of amides is 5. The number of hydrogen-bond donors (Lipinski definition) is 7. The highest BCUT2D eigenvalue weighted by Crippen LogP contribution is 2.18. The number of para-hydroxylation sites is 1. The molecule has 0 radical (unpaired) electrons. The van der Waals surface area contributed by atoms with Gasteiger partial charge in [0.15, 0.2) is 0 Å². The van der Waals surface area contributed by atoms with Crippen LogP contribution in [0.15, 0.2) is 91.0 Å². The first kappa shape index (κ1) is 48.4. The maximum Gasteiger partial charge on any atom is 0.267 e. The molecule has 0 saturated carbocycles. The van der Waals surface area contributed by atoms with Crippen LogP contribution in [0.5, 0.6) is 0 Å². The topological polar surface area (TPSA) is 205 Å². The van der Waals surface area contributed by atoms with Crippen molar-refractivity contribution in [2.24, 2.45) is 17.4 Å². The average Bonchev–Trinajstić information content (AvgIpc) is 3.65. The molecule has 0 bridgehead atoms. The summed E-state index contributed by atoms with van der Waals surface area (Å²) in [6, 6.07) is 24.4. The van der Waals surface area contributed by atoms with E-state index in [2.05, 4.69) is 26.3 Å². The summed E-state index contributed by atoms with van der Waals surface area (Å²) in [6.45, 7) is 5.18. The van der Waals surface area contributed by atoms with Crippen molar-refractivity contribution in [2.75, 3.05) is 19.6 Å². The molecule has 0 unspecified atom stereocenters. The Balaban J connectivity index is 0.00000465. The monoisotopic (exact) mass is 850 g/mol. The lowest BCUT2D eigenvalue weighted by Gasteiger charge is -2.35. The van der Waals surface area contributed by atoms with Gasteiger partial charge in [0, 0.05) is 36.5 Å². The highest BCUT2D eigenvalue weighted by molar-refractivity contribution is 5.98. The van der Waals surface area contributed by atoms with Crippen LogP contribution in [0.4, 0.5) is 0 Å². The van der Waals surface area contributed by atoms with Gasteiger partial charge in [-0.1, -0.05) is 92.7 Å². The van der Waals surface area contributed by atoms with Gasteiger partial charge in [0.25, 0.3) is 5.91 Å². The quantitative estimate of drug-likeness (QED) is 0.0686. The standard InChI is InChI=1S/C44H58N8O5.2ClH/c1-29(2)25-37(51-43(56)38(27-31-15-7-4-8-16-31)50-40(53)34(46)26-30-13-5-3-6-14-30)42(55)49-36(19-11-12-22-45)44(57)52-23-20-33(21-24-52)47-41(54)39-28-32-17-9-10-18-35(32)48-39;;/h3-10,13-18,28-29,33-34,36-38,48H,11-12,19-27,45-46H2,1-2H3,(H,47,54)(H,49,55)(H,50,53)(H,51,56);2*1H/t34-,36-,37-,38-;;/m1../s1. The summed E-state index contributed by atoms with van der Waals surface area (Å²) in [4.78, 5) is 73.4. The first-order chi connectivity index (χ1) is 27.5. The zero-order valence-electron chi connectivity index (χ0n) is 33.9. The molecule has 320 valence electrons. The number of piperidine rings is 1. The van der Waals surface area contributed by atoms with Crippen LogP contribution in [-0.4, -0.2) is 89.3 Å². The number of nitrogens with zero attached hydrogens (tertiary/aromatic N) is 1. The minimum Gasteiger partial charge on any atom is -0.351 e. The van der Waals surface area contributed by atoms with Crippen LogP contribution >= 0.6 is 24.8 Å². The van der Waals surface area contributed by atoms with Crippen molar-refractivity contribution in [3.63, 3.8) is 0 Å². The number of aromatic amines is 1. The smallest absolute Gasteiger partial charge is 0.267 e. The molecule has 13 nitrogen and oxygen atoms in total. The molecular weight excluding hydrogens is 791 g/mol. The van der Waals surface area contributed by atoms with Gasteiger partial charge in [-0.25, -0.2) is 0 Å². The van der Waals surface area contributed by atoms with Crippen molar-refractivity contribution < 1.29 is 24.0 Å². The highest BCUT2D eigenvalue weighted by atomic mass is 35.5. The van der Waals surface area contributed by atoms with E-state index in [-0.39, 0.29) is 55.0 Å². The van der Waals surface area contributed by atoms with Crippen molar-refractivity contribution in [3.05, 3.63) is 108 Å². The molecule has 5 rings (SSSR count). The van der Waals surface area contributed by atoms with E-state index in [1.807, 2.05) is 105 Å². The predicted molar refractivity (Wildman–Crippen MR) is 236 cm³/mol. The number of aromatic nitrogens is 1. The molecule has 1 aliphatic rings. The number of rotatable bonds is 19. The summed E-state index contributed by atoms with van der Waals surface area (Å²) < 4.78 is 0. The van der Waals surface area contributed by atoms with E-state index in [9.17, 15) is 24.0 Å². The second kappa shape index (κ2) is 24.2. The van der Waals surface area contributed by atoms with Gasteiger partial charge in [-0.15, -0.1) is 24.8 Å². The number of hydrogen-bond acceptors (Lipinski definition) is 7. The van der Waals surface area contributed by atoms with Gasteiger partial charge >= 0.3 is 0 Å². The predicted octanol–water partition coefficient (Wildman–Crippen LogP) is 4.17. The Bertz CT molecular complexity index is 1910. The number of nitrogens with two attached hydrogens (primary N) is 2. The van der Waals surface area contributed by atoms with Gasteiger partial charge in [-0.05, 0) is 80.7 Å². The van der Waals surface area contributed by atoms with E-state index in [0.29, 0.717) is 70.3 Å². The van der Waals surface area contributed by atoms with E-state index in [1.54, 1.807) is 4.90 Å². The Labute approximate surface area is 359 Å². The van der Waals surface area contributed by atoms with Crippen LogP contribution in [0.2, 0.25) is 0 Å². The zero-order chi connectivity index (χ0) is 40.7. The summed E-state index contributed by atoms with van der Waals surface area (Å²) in [5.74, 6) is -1.87. The molecular formula is C44H60Cl2N8O5. The van der Waals surface area contributed by atoms with Gasteiger partial charge in [0.2, 0.25) is 23.6 Å². The molecule has 59 heavy (non-hydrogen) atoms. The number of fused-ring (bicyclic) bond motifs is 1. The number of carbonyl (C=O) groups excluding carboxylic acids is 5. The fraction of sp³-hybridized carbons (Fsp3) is 0.432. The molecule has 0 spiro atoms. The molecule has 5 amide bonds. The first-order valence-corrected chi connectivity index (χ1v) is 20.1. The van der Waals surface area contributed by atoms with Crippen molar-refractivity contribution in [1.29, 1.82) is 0 Å². The van der Waals surface area contributed by atoms with Crippen LogP contribution in [0.25, 0.3) is 10.9 Å². The largest absolute Gasteiger partial charge is 0.351 e. The van der Waals surface area contributed by atoms with Gasteiger partial charge in [0.05, 0.1) is 6.04 Å². The lowest BCUT2D eigenvalue weighted by atomic mass is 9.99. The number of nitrogens with one attached hydrogen (secondary N) is 5. The molecule has 15 heteroatoms. The van der Waals surface area contributed by atoms with Crippen molar-refractivity contribution in [3.8, 4) is 0 Å². The molecule has 1 fully saturated rings. The summed E-state index contributed by atoms with van der Waals surface area (Å²) in [7, 11) is 0. The molecule has 1 aromatic heterocycles. The lowest BCUT2D eigenvalue weighted by Crippen LogP contribution is -2.59. The van der Waals surface area contributed by atoms with E-state index in [0.717, 1.165) is 22.0 Å². The number of H-pyrrole nitrogens is 1. The van der Waals surface area contributed by atoms with Gasteiger partial charge in [0.1, 0.15) is 23.8 Å². The number of halogens is 2. The van der Waals surface area contributed by atoms with Gasteiger partial charge < -0.3 is 42.6 Å². The Morgan fingerprint density at radius 3 is 1.90 bits per heavy atom. The molecule has 1 saturated heterocycles. The Kier molecular flexibility index (Phi) is 19.9. The maximum atomic E-state index is 14.1. The van der Waals surface area contributed by atoms with Crippen molar-refractivity contribution >= 4 is 65.3 Å². The third-order valence-electron chi connectivity index (χ3n) is 10.4. The summed E-state index contributed by atoms with van der Waals surface area (Å²) in [5, 5.41) is 12.8. The van der Waals surface area contributed by atoms with Crippen molar-refractivity contribution in [1.82, 2.24) is 31.2 Å². The minimum atomic E-state index is -1.01. The van der Waals surface area contributed by atoms with E-state index in [4.69, 9.17) is 11.5 Å². The zero-order valence-corrected chi connectivity index (χ0v) is 35.5. The van der Waals surface area contributed by atoms with E-state index in [1.165, 1.54) is 0 Å². The highest BCUT2D eigenvalue weighted by Gasteiger charge is 2.34. The molecule has 0 aliphatic carbocycles. The van der Waals surface area contributed by atoms with Crippen molar-refractivity contribution in [2.45, 2.75) is 95.4 Å². The number of unbranched alkanes of at least 4 members (excludes halogenated alkanes) is 1. The fourth-order valence-electron chi connectivity index (χ4n) is 7.22. The normalized spacial score (nSPS) is 14.8. The summed E-state index contributed by atoms with van der Waals surface area (Å²) >= 11 is 0. The van der Waals surface area contributed by atoms with Crippen LogP contribution in [0, 0.1) is 5.92 Å². The van der Waals surface area contributed by atoms with Crippen LogP contribution < -0.4 is 32.7 Å². The van der Waals surface area contributed by atoms with Gasteiger partial charge in [-0.2, -0.15) is 0 Å². The Morgan fingerprint density at radius 2 is 1.29 bits per heavy atom. The Hall–Kier alpha value is -4.95.